The van der Waals surface area contributed by atoms with Gasteiger partial charge >= 0.3 is 0 Å². The maximum Gasteiger partial charge on any atom is 0.166 e. The summed E-state index contributed by atoms with van der Waals surface area (Å²) in [6, 6.07) is 73.3. The van der Waals surface area contributed by atoms with Crippen LogP contribution in [0.25, 0.3) is 115 Å². The van der Waals surface area contributed by atoms with Crippen LogP contribution in [-0.2, 0) is 0 Å². The average molecular weight is 783 g/mol. The van der Waals surface area contributed by atoms with E-state index in [4.69, 9.17) is 15.0 Å². The van der Waals surface area contributed by atoms with Gasteiger partial charge in [0.05, 0.1) is 16.7 Å². The third kappa shape index (κ3) is 5.70. The predicted molar refractivity (Wildman–Crippen MR) is 252 cm³/mol. The minimum Gasteiger partial charge on any atom is -0.308 e. The first-order chi connectivity index (χ1) is 29.7. The van der Waals surface area contributed by atoms with Crippen LogP contribution in [0.2, 0.25) is 0 Å². The summed E-state index contributed by atoms with van der Waals surface area (Å²) < 4.78 is 4.96. The van der Waals surface area contributed by atoms with Crippen molar-refractivity contribution >= 4 is 64.1 Å². The van der Waals surface area contributed by atoms with Crippen LogP contribution >= 0.6 is 11.3 Å². The molecular weight excluding hydrogens is 749 g/mol. The molecule has 0 aliphatic rings. The van der Waals surface area contributed by atoms with Crippen LogP contribution in [0.1, 0.15) is 0 Å². The van der Waals surface area contributed by atoms with Crippen molar-refractivity contribution in [1.29, 1.82) is 0 Å². The maximum absolute atomic E-state index is 5.34. The van der Waals surface area contributed by atoms with Crippen molar-refractivity contribution in [2.45, 2.75) is 0 Å². The van der Waals surface area contributed by atoms with Gasteiger partial charge in [-0.2, -0.15) is 0 Å². The van der Waals surface area contributed by atoms with Crippen molar-refractivity contribution in [2.75, 3.05) is 0 Å². The van der Waals surface area contributed by atoms with E-state index in [2.05, 4.69) is 211 Å². The molecule has 0 fully saturated rings. The van der Waals surface area contributed by atoms with E-state index < -0.39 is 0 Å². The molecule has 0 aliphatic heterocycles. The Balaban J connectivity index is 1.07. The standard InChI is InChI=1S/C55H34N4S/c1-2-13-35(14-3-1)40-31-32-47(50(34-40)59-48-22-9-6-17-43(48)44-18-7-10-23-49(44)59)55-57-53(56-54(58-55)41-30-25-36-15-4-5-16-39(36)33-41)38-28-26-37(27-29-38)42-20-12-21-46-45-19-8-11-24-51(45)60-52(42)46/h1-34H. The molecule has 3 heterocycles. The van der Waals surface area contributed by atoms with Crippen LogP contribution in [0.15, 0.2) is 206 Å². The van der Waals surface area contributed by atoms with Crippen LogP contribution in [0.3, 0.4) is 0 Å². The lowest BCUT2D eigenvalue weighted by atomic mass is 10.0. The molecule has 4 nitrogen and oxygen atoms in total. The Bertz CT molecular complexity index is 3550. The minimum absolute atomic E-state index is 0.610. The summed E-state index contributed by atoms with van der Waals surface area (Å²) in [5.74, 6) is 1.86. The summed E-state index contributed by atoms with van der Waals surface area (Å²) in [6.07, 6.45) is 0. The highest BCUT2D eigenvalue weighted by Crippen LogP contribution is 2.41. The van der Waals surface area contributed by atoms with Gasteiger partial charge in [0.1, 0.15) is 0 Å². The van der Waals surface area contributed by atoms with Gasteiger partial charge < -0.3 is 4.57 Å². The molecule has 3 aromatic heterocycles. The van der Waals surface area contributed by atoms with Crippen molar-refractivity contribution in [3.8, 4) is 62.1 Å². The number of hydrogen-bond acceptors (Lipinski definition) is 4. The number of hydrogen-bond donors (Lipinski definition) is 0. The smallest absolute Gasteiger partial charge is 0.166 e. The van der Waals surface area contributed by atoms with Gasteiger partial charge in [-0.1, -0.05) is 170 Å². The first-order valence-electron chi connectivity index (χ1n) is 20.2. The van der Waals surface area contributed by atoms with Gasteiger partial charge in [-0.3, -0.25) is 0 Å². The van der Waals surface area contributed by atoms with Crippen molar-refractivity contribution in [1.82, 2.24) is 19.5 Å². The SMILES string of the molecule is c1ccc(-c2ccc(-c3nc(-c4ccc(-c5cccc6c5sc5ccccc56)cc4)nc(-c4ccc5ccccc5c4)n3)c(-n3c4ccccc4c4ccccc43)c2)cc1. The quantitative estimate of drug-likeness (QED) is 0.169. The van der Waals surface area contributed by atoms with Crippen molar-refractivity contribution < 1.29 is 0 Å². The summed E-state index contributed by atoms with van der Waals surface area (Å²) in [6.45, 7) is 0. The first kappa shape index (κ1) is 34.3. The van der Waals surface area contributed by atoms with E-state index in [0.717, 1.165) is 55.5 Å². The number of para-hydroxylation sites is 2. The van der Waals surface area contributed by atoms with E-state index in [1.165, 1.54) is 41.9 Å². The topological polar surface area (TPSA) is 43.6 Å². The Morgan fingerprint density at radius 3 is 1.70 bits per heavy atom. The van der Waals surface area contributed by atoms with E-state index in [1.54, 1.807) is 0 Å². The largest absolute Gasteiger partial charge is 0.308 e. The molecule has 0 bridgehead atoms. The normalized spacial score (nSPS) is 11.7. The Labute approximate surface area is 350 Å². The summed E-state index contributed by atoms with van der Waals surface area (Å²) in [5, 5.41) is 7.29. The van der Waals surface area contributed by atoms with Crippen LogP contribution in [0.5, 0.6) is 0 Å². The summed E-state index contributed by atoms with van der Waals surface area (Å²) >= 11 is 1.85. The number of nitrogens with zero attached hydrogens (tertiary/aromatic N) is 4. The summed E-state index contributed by atoms with van der Waals surface area (Å²) in [4.78, 5) is 15.9. The van der Waals surface area contributed by atoms with Crippen molar-refractivity contribution in [2.24, 2.45) is 0 Å². The Kier molecular flexibility index (Phi) is 8.00. The van der Waals surface area contributed by atoms with Crippen LogP contribution in [-0.4, -0.2) is 19.5 Å². The van der Waals surface area contributed by atoms with Gasteiger partial charge in [0.15, 0.2) is 17.5 Å². The molecule has 0 N–H and O–H groups in total. The molecule has 0 saturated heterocycles. The fourth-order valence-corrected chi connectivity index (χ4v) is 9.99. The molecule has 60 heavy (non-hydrogen) atoms. The van der Waals surface area contributed by atoms with E-state index in [0.29, 0.717) is 17.5 Å². The van der Waals surface area contributed by atoms with Gasteiger partial charge in [-0.15, -0.1) is 11.3 Å². The molecular formula is C55H34N4S. The lowest BCUT2D eigenvalue weighted by Crippen LogP contribution is -2.04. The molecule has 280 valence electrons. The first-order valence-corrected chi connectivity index (χ1v) is 21.0. The van der Waals surface area contributed by atoms with Gasteiger partial charge in [0.25, 0.3) is 0 Å². The van der Waals surface area contributed by atoms with E-state index >= 15 is 0 Å². The second kappa shape index (κ2) is 14.0. The number of fused-ring (bicyclic) bond motifs is 7. The Morgan fingerprint density at radius 2 is 0.917 bits per heavy atom. The molecule has 0 spiro atoms. The van der Waals surface area contributed by atoms with Crippen LogP contribution < -0.4 is 0 Å². The fourth-order valence-electron chi connectivity index (χ4n) is 8.75. The molecule has 12 rings (SSSR count). The molecule has 0 saturated carbocycles. The highest BCUT2D eigenvalue weighted by Gasteiger charge is 2.21. The molecule has 5 heteroatoms. The Morgan fingerprint density at radius 1 is 0.333 bits per heavy atom. The second-order valence-corrected chi connectivity index (χ2v) is 16.2. The Hall–Kier alpha value is -7.73. The van der Waals surface area contributed by atoms with E-state index in [-0.39, 0.29) is 0 Å². The molecule has 9 aromatic carbocycles. The van der Waals surface area contributed by atoms with Gasteiger partial charge in [-0.25, -0.2) is 15.0 Å². The summed E-state index contributed by atoms with van der Waals surface area (Å²) in [7, 11) is 0. The second-order valence-electron chi connectivity index (χ2n) is 15.2. The number of benzene rings is 9. The van der Waals surface area contributed by atoms with Crippen LogP contribution in [0, 0.1) is 0 Å². The summed E-state index contributed by atoms with van der Waals surface area (Å²) in [5.41, 5.74) is 10.7. The third-order valence-electron chi connectivity index (χ3n) is 11.7. The van der Waals surface area contributed by atoms with Crippen LogP contribution in [0.4, 0.5) is 0 Å². The number of rotatable bonds is 6. The zero-order valence-corrected chi connectivity index (χ0v) is 33.1. The molecule has 0 amide bonds. The zero-order chi connectivity index (χ0) is 39.6. The number of thiophene rings is 1. The molecule has 0 aliphatic carbocycles. The van der Waals surface area contributed by atoms with Crippen molar-refractivity contribution in [3.05, 3.63) is 206 Å². The molecule has 12 aromatic rings. The zero-order valence-electron chi connectivity index (χ0n) is 32.3. The lowest BCUT2D eigenvalue weighted by Gasteiger charge is -2.16. The monoisotopic (exact) mass is 782 g/mol. The minimum atomic E-state index is 0.610. The highest BCUT2D eigenvalue weighted by atomic mass is 32.1. The van der Waals surface area contributed by atoms with E-state index in [9.17, 15) is 0 Å². The van der Waals surface area contributed by atoms with Gasteiger partial charge in [-0.05, 0) is 69.4 Å². The lowest BCUT2D eigenvalue weighted by molar-refractivity contribution is 1.07. The fraction of sp³-hybridized carbons (Fsp3) is 0. The van der Waals surface area contributed by atoms with Gasteiger partial charge in [0.2, 0.25) is 0 Å². The predicted octanol–water partition coefficient (Wildman–Crippen LogP) is 14.8. The van der Waals surface area contributed by atoms with Gasteiger partial charge in [0, 0.05) is 47.6 Å². The molecule has 0 radical (unpaired) electrons. The maximum atomic E-state index is 5.34. The average Bonchev–Trinajstić information content (AvgIpc) is 3.87. The molecule has 0 atom stereocenters. The van der Waals surface area contributed by atoms with Crippen molar-refractivity contribution in [3.63, 3.8) is 0 Å². The molecule has 0 unspecified atom stereocenters. The van der Waals surface area contributed by atoms with E-state index in [1.807, 2.05) is 11.3 Å². The highest BCUT2D eigenvalue weighted by molar-refractivity contribution is 7.26. The third-order valence-corrected chi connectivity index (χ3v) is 12.9. The number of aromatic nitrogens is 4.